The van der Waals surface area contributed by atoms with E-state index < -0.39 is 0 Å². The van der Waals surface area contributed by atoms with Gasteiger partial charge in [0, 0.05) is 32.4 Å². The largest absolute Gasteiger partial charge is 0.332 e. The lowest BCUT2D eigenvalue weighted by Gasteiger charge is -2.35. The number of nitrogens with zero attached hydrogens (tertiary/aromatic N) is 4. The van der Waals surface area contributed by atoms with Gasteiger partial charge in [0.15, 0.2) is 0 Å². The summed E-state index contributed by atoms with van der Waals surface area (Å²) < 4.78 is 1.98. The van der Waals surface area contributed by atoms with E-state index in [4.69, 9.17) is 0 Å². The van der Waals surface area contributed by atoms with E-state index in [-0.39, 0.29) is 12.1 Å². The van der Waals surface area contributed by atoms with E-state index >= 15 is 0 Å². The maximum atomic E-state index is 11.8. The van der Waals surface area contributed by atoms with Gasteiger partial charge in [0.05, 0.1) is 23.5 Å². The normalized spacial score (nSPS) is 23.6. The van der Waals surface area contributed by atoms with Gasteiger partial charge in [0.1, 0.15) is 0 Å². The van der Waals surface area contributed by atoms with Crippen LogP contribution in [0.15, 0.2) is 30.3 Å². The first-order valence-electron chi connectivity index (χ1n) is 8.89. The molecule has 2 saturated heterocycles. The van der Waals surface area contributed by atoms with Crippen LogP contribution < -0.4 is 5.32 Å². The van der Waals surface area contributed by atoms with E-state index in [2.05, 4.69) is 52.6 Å². The van der Waals surface area contributed by atoms with Gasteiger partial charge in [-0.3, -0.25) is 4.90 Å². The number of carbonyl (C=O) groups is 1. The molecule has 132 valence electrons. The molecule has 2 atom stereocenters. The Hall–Kier alpha value is -2.34. The van der Waals surface area contributed by atoms with Gasteiger partial charge in [-0.15, -0.1) is 0 Å². The van der Waals surface area contributed by atoms with Crippen LogP contribution in [0.4, 0.5) is 4.79 Å². The summed E-state index contributed by atoms with van der Waals surface area (Å²) in [7, 11) is 1.90. The second kappa shape index (κ2) is 6.19. The van der Waals surface area contributed by atoms with E-state index in [0.717, 1.165) is 43.1 Å². The van der Waals surface area contributed by atoms with E-state index in [1.165, 1.54) is 5.56 Å². The molecule has 2 amide bonds. The summed E-state index contributed by atoms with van der Waals surface area (Å²) in [5.41, 5.74) is 4.57. The highest BCUT2D eigenvalue weighted by Gasteiger charge is 2.40. The highest BCUT2D eigenvalue weighted by Crippen LogP contribution is 2.23. The number of hydrogen-bond acceptors (Lipinski definition) is 3. The van der Waals surface area contributed by atoms with E-state index in [0.29, 0.717) is 6.04 Å². The molecule has 1 aromatic carbocycles. The molecule has 6 heteroatoms. The Kier molecular flexibility index (Phi) is 4.00. The Morgan fingerprint density at radius 2 is 2.00 bits per heavy atom. The molecular weight excluding hydrogens is 314 g/mol. The van der Waals surface area contributed by atoms with Crippen molar-refractivity contribution in [2.45, 2.75) is 38.9 Å². The Labute approximate surface area is 148 Å². The standard InChI is InChI=1S/C19H25N5O/c1-13-10-14(2)24(21-13)16-6-4-15(5-7-16)11-23-9-8-18-17(12-23)20-19(25)22(18)3/h4-7,10,17-18H,8-9,11-12H2,1-3H3,(H,20,25)/t17-,18+/m1/s1. The summed E-state index contributed by atoms with van der Waals surface area (Å²) in [5, 5.41) is 7.63. The number of hydrogen-bond donors (Lipinski definition) is 1. The molecule has 2 fully saturated rings. The van der Waals surface area contributed by atoms with Crippen LogP contribution in [0.1, 0.15) is 23.4 Å². The van der Waals surface area contributed by atoms with Crippen molar-refractivity contribution in [3.63, 3.8) is 0 Å². The van der Waals surface area contributed by atoms with E-state index in [1.807, 2.05) is 23.6 Å². The zero-order valence-electron chi connectivity index (χ0n) is 15.1. The summed E-state index contributed by atoms with van der Waals surface area (Å²) in [5.74, 6) is 0. The molecule has 0 saturated carbocycles. The number of aryl methyl sites for hydroxylation is 2. The second-order valence-electron chi connectivity index (χ2n) is 7.26. The minimum absolute atomic E-state index is 0.0612. The molecule has 1 N–H and O–H groups in total. The Morgan fingerprint density at radius 1 is 1.24 bits per heavy atom. The molecule has 4 rings (SSSR count). The molecule has 2 aliphatic rings. The van der Waals surface area contributed by atoms with Gasteiger partial charge in [-0.25, -0.2) is 9.48 Å². The number of urea groups is 1. The lowest BCUT2D eigenvalue weighted by atomic mass is 9.99. The minimum atomic E-state index is 0.0612. The number of benzene rings is 1. The number of rotatable bonds is 3. The molecule has 0 unspecified atom stereocenters. The van der Waals surface area contributed by atoms with Crippen molar-refractivity contribution in [3.05, 3.63) is 47.3 Å². The van der Waals surface area contributed by atoms with Gasteiger partial charge in [-0.1, -0.05) is 12.1 Å². The fourth-order valence-electron chi connectivity index (χ4n) is 4.06. The van der Waals surface area contributed by atoms with Crippen LogP contribution in [-0.2, 0) is 6.54 Å². The van der Waals surface area contributed by atoms with Crippen molar-refractivity contribution in [2.24, 2.45) is 0 Å². The maximum Gasteiger partial charge on any atom is 0.317 e. The molecule has 0 radical (unpaired) electrons. The van der Waals surface area contributed by atoms with Crippen LogP contribution in [0, 0.1) is 13.8 Å². The van der Waals surface area contributed by atoms with Crippen LogP contribution in [0.5, 0.6) is 0 Å². The minimum Gasteiger partial charge on any atom is -0.332 e. The van der Waals surface area contributed by atoms with Crippen molar-refractivity contribution in [3.8, 4) is 5.69 Å². The van der Waals surface area contributed by atoms with Crippen molar-refractivity contribution in [1.29, 1.82) is 0 Å². The van der Waals surface area contributed by atoms with Crippen molar-refractivity contribution in [1.82, 2.24) is 24.9 Å². The van der Waals surface area contributed by atoms with Crippen molar-refractivity contribution >= 4 is 6.03 Å². The lowest BCUT2D eigenvalue weighted by molar-refractivity contribution is 0.147. The predicted molar refractivity (Wildman–Crippen MR) is 96.8 cm³/mol. The monoisotopic (exact) mass is 339 g/mol. The first-order valence-corrected chi connectivity index (χ1v) is 8.89. The fourth-order valence-corrected chi connectivity index (χ4v) is 4.06. The second-order valence-corrected chi connectivity index (χ2v) is 7.26. The molecular formula is C19H25N5O. The predicted octanol–water partition coefficient (Wildman–Crippen LogP) is 2.09. The average Bonchev–Trinajstić information content (AvgIpc) is 3.07. The molecule has 6 nitrogen and oxygen atoms in total. The molecule has 1 aromatic heterocycles. The van der Waals surface area contributed by atoms with Gasteiger partial charge in [-0.2, -0.15) is 5.10 Å². The number of likely N-dealkylation sites (tertiary alicyclic amines) is 1. The molecule has 0 bridgehead atoms. The Bertz CT molecular complexity index is 782. The van der Waals surface area contributed by atoms with Crippen LogP contribution >= 0.6 is 0 Å². The molecule has 25 heavy (non-hydrogen) atoms. The summed E-state index contributed by atoms with van der Waals surface area (Å²) in [6, 6.07) is 11.4. The summed E-state index contributed by atoms with van der Waals surface area (Å²) >= 11 is 0. The van der Waals surface area contributed by atoms with Crippen molar-refractivity contribution < 1.29 is 4.79 Å². The summed E-state index contributed by atoms with van der Waals surface area (Å²) in [6.45, 7) is 6.95. The van der Waals surface area contributed by atoms with Crippen LogP contribution in [0.3, 0.4) is 0 Å². The third kappa shape index (κ3) is 3.02. The first-order chi connectivity index (χ1) is 12.0. The Morgan fingerprint density at radius 3 is 2.68 bits per heavy atom. The molecule has 2 aromatic rings. The lowest BCUT2D eigenvalue weighted by Crippen LogP contribution is -2.50. The molecule has 2 aliphatic heterocycles. The Balaban J connectivity index is 1.42. The van der Waals surface area contributed by atoms with Crippen molar-refractivity contribution in [2.75, 3.05) is 20.1 Å². The molecule has 0 spiro atoms. The third-order valence-electron chi connectivity index (χ3n) is 5.38. The van der Waals surface area contributed by atoms with E-state index in [1.54, 1.807) is 0 Å². The van der Waals surface area contributed by atoms with Gasteiger partial charge < -0.3 is 10.2 Å². The fraction of sp³-hybridized carbons (Fsp3) is 0.474. The topological polar surface area (TPSA) is 53.4 Å². The summed E-state index contributed by atoms with van der Waals surface area (Å²) in [6.07, 6.45) is 1.03. The van der Waals surface area contributed by atoms with Gasteiger partial charge >= 0.3 is 6.03 Å². The van der Waals surface area contributed by atoms with Crippen LogP contribution in [-0.4, -0.2) is 57.8 Å². The quantitative estimate of drug-likeness (QED) is 0.932. The van der Waals surface area contributed by atoms with Gasteiger partial charge in [0.2, 0.25) is 0 Å². The first kappa shape index (κ1) is 16.1. The average molecular weight is 339 g/mol. The number of nitrogens with one attached hydrogen (secondary N) is 1. The van der Waals surface area contributed by atoms with Crippen LogP contribution in [0.2, 0.25) is 0 Å². The zero-order valence-corrected chi connectivity index (χ0v) is 15.1. The summed E-state index contributed by atoms with van der Waals surface area (Å²) in [4.78, 5) is 16.1. The third-order valence-corrected chi connectivity index (χ3v) is 5.38. The number of likely N-dealkylation sites (N-methyl/N-ethyl adjacent to an activating group) is 1. The number of piperidine rings is 1. The zero-order chi connectivity index (χ0) is 17.6. The molecule has 3 heterocycles. The number of carbonyl (C=O) groups excluding carboxylic acids is 1. The van der Waals surface area contributed by atoms with E-state index in [9.17, 15) is 4.79 Å². The highest BCUT2D eigenvalue weighted by atomic mass is 16.2. The number of aromatic nitrogens is 2. The smallest absolute Gasteiger partial charge is 0.317 e. The SMILES string of the molecule is Cc1cc(C)n(-c2ccc(CN3CC[C@H]4[C@@H](C3)NC(=O)N4C)cc2)n1. The maximum absolute atomic E-state index is 11.8. The number of amides is 2. The highest BCUT2D eigenvalue weighted by molar-refractivity contribution is 5.77. The van der Waals surface area contributed by atoms with Gasteiger partial charge in [-0.05, 0) is 44.0 Å². The molecule has 0 aliphatic carbocycles. The number of fused-ring (bicyclic) bond motifs is 1. The van der Waals surface area contributed by atoms with Crippen LogP contribution in [0.25, 0.3) is 5.69 Å². The van der Waals surface area contributed by atoms with Gasteiger partial charge in [0.25, 0.3) is 0 Å².